The van der Waals surface area contributed by atoms with E-state index >= 15 is 0 Å². The van der Waals surface area contributed by atoms with Crippen LogP contribution in [0.3, 0.4) is 0 Å². The number of hydrogen-bond acceptors (Lipinski definition) is 4. The van der Waals surface area contributed by atoms with Gasteiger partial charge in [0.1, 0.15) is 0 Å². The van der Waals surface area contributed by atoms with Crippen LogP contribution in [0.5, 0.6) is 0 Å². The van der Waals surface area contributed by atoms with Gasteiger partial charge >= 0.3 is 0 Å². The van der Waals surface area contributed by atoms with Gasteiger partial charge < -0.3 is 10.2 Å². The molecule has 0 aliphatic rings. The Morgan fingerprint density at radius 3 is 2.79 bits per heavy atom. The predicted molar refractivity (Wildman–Crippen MR) is 62.6 cm³/mol. The molecule has 1 aromatic rings. The molecule has 0 aliphatic heterocycles. The molecule has 0 fully saturated rings. The van der Waals surface area contributed by atoms with E-state index in [2.05, 4.69) is 6.07 Å². The molecule has 4 heteroatoms. The summed E-state index contributed by atoms with van der Waals surface area (Å²) in [6.07, 6.45) is 0. The monoisotopic (exact) mass is 230 g/mol. The van der Waals surface area contributed by atoms with Crippen molar-refractivity contribution in [2.24, 2.45) is 0 Å². The summed E-state index contributed by atoms with van der Waals surface area (Å²) >= 11 is 3.14. The van der Waals surface area contributed by atoms with Crippen LogP contribution in [0.2, 0.25) is 0 Å². The fourth-order valence-corrected chi connectivity index (χ4v) is 2.30. The van der Waals surface area contributed by atoms with Crippen LogP contribution in [0.4, 0.5) is 0 Å². The summed E-state index contributed by atoms with van der Waals surface area (Å²) < 4.78 is 0. The van der Waals surface area contributed by atoms with E-state index in [1.54, 1.807) is 11.8 Å². The van der Waals surface area contributed by atoms with Gasteiger partial charge in [-0.15, -0.1) is 23.5 Å². The largest absolute Gasteiger partial charge is 0.396 e. The van der Waals surface area contributed by atoms with Gasteiger partial charge in [-0.3, -0.25) is 0 Å². The minimum absolute atomic E-state index is 0.161. The summed E-state index contributed by atoms with van der Waals surface area (Å²) in [5, 5.41) is 17.3. The molecule has 2 nitrogen and oxygen atoms in total. The molecule has 0 unspecified atom stereocenters. The smallest absolute Gasteiger partial charge is 0.0889 e. The minimum atomic E-state index is 0.161. The molecule has 0 aromatic heterocycles. The second-order valence-electron chi connectivity index (χ2n) is 2.70. The van der Waals surface area contributed by atoms with E-state index in [-0.39, 0.29) is 12.5 Å². The summed E-state index contributed by atoms with van der Waals surface area (Å²) in [5.41, 5.74) is 1.21. The Labute approximate surface area is 92.7 Å². The third-order valence-corrected chi connectivity index (χ3v) is 3.31. The fourth-order valence-electron chi connectivity index (χ4n) is 1.05. The average molecular weight is 230 g/mol. The first-order chi connectivity index (χ1) is 6.86. The maximum absolute atomic E-state index is 8.68. The van der Waals surface area contributed by atoms with Crippen LogP contribution >= 0.6 is 23.5 Å². The Hall–Kier alpha value is -0.160. The van der Waals surface area contributed by atoms with Gasteiger partial charge in [0.25, 0.3) is 0 Å². The van der Waals surface area contributed by atoms with Crippen molar-refractivity contribution in [2.45, 2.75) is 10.6 Å². The Bertz CT molecular complexity index is 243. The summed E-state index contributed by atoms with van der Waals surface area (Å²) in [7, 11) is 0. The van der Waals surface area contributed by atoms with Crippen molar-refractivity contribution in [3.8, 4) is 0 Å². The zero-order chi connectivity index (χ0) is 10.2. The molecule has 0 saturated carbocycles. The van der Waals surface area contributed by atoms with Crippen molar-refractivity contribution in [2.75, 3.05) is 18.3 Å². The normalized spacial score (nSPS) is 10.4. The molecule has 0 amide bonds. The van der Waals surface area contributed by atoms with Gasteiger partial charge in [-0.1, -0.05) is 12.1 Å². The number of thioether (sulfide) groups is 2. The third-order valence-electron chi connectivity index (χ3n) is 1.62. The van der Waals surface area contributed by atoms with Crippen LogP contribution in [-0.4, -0.2) is 28.5 Å². The molecule has 78 valence electrons. The van der Waals surface area contributed by atoms with Gasteiger partial charge in [-0.25, -0.2) is 0 Å². The summed E-state index contributed by atoms with van der Waals surface area (Å²) in [6, 6.07) is 8.19. The molecule has 0 spiro atoms. The highest BCUT2D eigenvalue weighted by atomic mass is 32.2. The molecular weight excluding hydrogens is 216 g/mol. The molecule has 2 N–H and O–H groups in total. The molecule has 0 aliphatic carbocycles. The van der Waals surface area contributed by atoms with Gasteiger partial charge in [0, 0.05) is 16.4 Å². The lowest BCUT2D eigenvalue weighted by molar-refractivity contribution is 0.322. The molecule has 1 aromatic carbocycles. The lowest BCUT2D eigenvalue weighted by atomic mass is 10.2. The maximum Gasteiger partial charge on any atom is 0.0889 e. The Morgan fingerprint density at radius 2 is 2.07 bits per heavy atom. The van der Waals surface area contributed by atoms with Crippen LogP contribution in [-0.2, 0) is 5.75 Å². The third kappa shape index (κ3) is 4.37. The van der Waals surface area contributed by atoms with Crippen molar-refractivity contribution >= 4 is 23.5 Å². The number of rotatable bonds is 6. The molecule has 1 rings (SSSR count). The first-order valence-electron chi connectivity index (χ1n) is 4.38. The second kappa shape index (κ2) is 7.17. The second-order valence-corrected chi connectivity index (χ2v) is 4.82. The van der Waals surface area contributed by atoms with Gasteiger partial charge in [0.05, 0.1) is 12.5 Å². The minimum Gasteiger partial charge on any atom is -0.396 e. The highest BCUT2D eigenvalue weighted by Gasteiger charge is 1.96. The lowest BCUT2D eigenvalue weighted by Gasteiger charge is -2.03. The van der Waals surface area contributed by atoms with Crippen LogP contribution < -0.4 is 0 Å². The van der Waals surface area contributed by atoms with Crippen LogP contribution in [0.1, 0.15) is 5.56 Å². The number of benzene rings is 1. The molecule has 0 radical (unpaired) electrons. The summed E-state index contributed by atoms with van der Waals surface area (Å²) in [4.78, 5) is 1.18. The van der Waals surface area contributed by atoms with E-state index in [1.807, 2.05) is 18.2 Å². The van der Waals surface area contributed by atoms with Gasteiger partial charge in [-0.2, -0.15) is 0 Å². The highest BCUT2D eigenvalue weighted by Crippen LogP contribution is 2.20. The van der Waals surface area contributed by atoms with Crippen molar-refractivity contribution < 1.29 is 10.2 Å². The van der Waals surface area contributed by atoms with E-state index in [4.69, 9.17) is 10.2 Å². The Kier molecular flexibility index (Phi) is 6.10. The Balaban J connectivity index is 2.50. The number of aliphatic hydroxyl groups excluding tert-OH is 2. The van der Waals surface area contributed by atoms with Crippen molar-refractivity contribution in [3.63, 3.8) is 0 Å². The van der Waals surface area contributed by atoms with Crippen LogP contribution in [0.25, 0.3) is 0 Å². The molecular formula is C10H14O2S2. The number of hydrogen-bond donors (Lipinski definition) is 2. The fraction of sp³-hybridized carbons (Fsp3) is 0.400. The molecule has 0 atom stereocenters. The topological polar surface area (TPSA) is 40.5 Å². The standard InChI is InChI=1S/C10H14O2S2/c11-4-5-14-10-3-1-2-9(6-10)7-13-8-12/h1-3,6,11-12H,4-5,7-8H2. The quantitative estimate of drug-likeness (QED) is 0.579. The first kappa shape index (κ1) is 11.9. The van der Waals surface area contributed by atoms with Crippen molar-refractivity contribution in [3.05, 3.63) is 29.8 Å². The van der Waals surface area contributed by atoms with E-state index < -0.39 is 0 Å². The van der Waals surface area contributed by atoms with Gasteiger partial charge in [0.2, 0.25) is 0 Å². The zero-order valence-electron chi connectivity index (χ0n) is 7.85. The SMILES string of the molecule is OCCSc1cccc(CSCO)c1. The molecule has 0 heterocycles. The lowest BCUT2D eigenvalue weighted by Crippen LogP contribution is -1.87. The molecule has 14 heavy (non-hydrogen) atoms. The molecule has 0 saturated heterocycles. The first-order valence-corrected chi connectivity index (χ1v) is 6.52. The maximum atomic E-state index is 8.68. The summed E-state index contributed by atoms with van der Waals surface area (Å²) in [6.45, 7) is 0.209. The highest BCUT2D eigenvalue weighted by molar-refractivity contribution is 7.99. The molecule has 0 bridgehead atoms. The van der Waals surface area contributed by atoms with Crippen molar-refractivity contribution in [1.29, 1.82) is 0 Å². The predicted octanol–water partition coefficient (Wildman–Crippen LogP) is 1.95. The van der Waals surface area contributed by atoms with Crippen LogP contribution in [0, 0.1) is 0 Å². The number of aliphatic hydroxyl groups is 2. The van der Waals surface area contributed by atoms with Crippen molar-refractivity contribution in [1.82, 2.24) is 0 Å². The van der Waals surface area contributed by atoms with E-state index in [1.165, 1.54) is 22.2 Å². The van der Waals surface area contributed by atoms with E-state index in [0.717, 1.165) is 11.5 Å². The zero-order valence-corrected chi connectivity index (χ0v) is 9.48. The van der Waals surface area contributed by atoms with E-state index in [9.17, 15) is 0 Å². The summed E-state index contributed by atoms with van der Waals surface area (Å²) in [5.74, 6) is 1.73. The average Bonchev–Trinajstić information content (AvgIpc) is 2.24. The van der Waals surface area contributed by atoms with E-state index in [0.29, 0.717) is 0 Å². The van der Waals surface area contributed by atoms with Gasteiger partial charge in [-0.05, 0) is 17.7 Å². The Morgan fingerprint density at radius 1 is 1.21 bits per heavy atom. The van der Waals surface area contributed by atoms with Crippen LogP contribution in [0.15, 0.2) is 29.2 Å². The van der Waals surface area contributed by atoms with Gasteiger partial charge in [0.15, 0.2) is 0 Å².